The van der Waals surface area contributed by atoms with Crippen LogP contribution >= 0.6 is 0 Å². The fourth-order valence-corrected chi connectivity index (χ4v) is 2.44. The minimum atomic E-state index is -1.07. The number of carbonyl (C=O) groups excluding carboxylic acids is 2. The summed E-state index contributed by atoms with van der Waals surface area (Å²) in [5, 5.41) is 2.53. The number of urea groups is 1. The number of nitrogens with one attached hydrogen (secondary N) is 1. The smallest absolute Gasteiger partial charge is 0.338 e. The van der Waals surface area contributed by atoms with E-state index >= 15 is 0 Å². The summed E-state index contributed by atoms with van der Waals surface area (Å²) in [6, 6.07) is 1.78. The molecule has 0 saturated heterocycles. The Morgan fingerprint density at radius 2 is 2.00 bits per heavy atom. The van der Waals surface area contributed by atoms with E-state index in [0.717, 1.165) is 12.1 Å². The molecule has 1 unspecified atom stereocenters. The van der Waals surface area contributed by atoms with E-state index in [1.807, 2.05) is 0 Å². The maximum absolute atomic E-state index is 13.6. The van der Waals surface area contributed by atoms with E-state index in [-0.39, 0.29) is 23.4 Å². The summed E-state index contributed by atoms with van der Waals surface area (Å²) < 4.78 is 36.5. The minimum absolute atomic E-state index is 0.0375. The fraction of sp³-hybridized carbons (Fsp3) is 0.333. The van der Waals surface area contributed by atoms with Crippen molar-refractivity contribution in [3.8, 4) is 0 Å². The Kier molecular flexibility index (Phi) is 4.95. The number of nitrogens with zero attached hydrogens (tertiary/aromatic N) is 1. The average molecular weight is 326 g/mol. The Morgan fingerprint density at radius 3 is 2.57 bits per heavy atom. The van der Waals surface area contributed by atoms with Gasteiger partial charge < -0.3 is 19.7 Å². The number of ether oxygens (including phenoxy) is 2. The van der Waals surface area contributed by atoms with Gasteiger partial charge in [-0.25, -0.2) is 18.4 Å². The van der Waals surface area contributed by atoms with Gasteiger partial charge in [0.25, 0.3) is 0 Å². The first kappa shape index (κ1) is 16.9. The van der Waals surface area contributed by atoms with Crippen molar-refractivity contribution in [2.75, 3.05) is 27.9 Å². The number of hydrogen-bond acceptors (Lipinski definition) is 4. The topological polar surface area (TPSA) is 67.9 Å². The van der Waals surface area contributed by atoms with E-state index in [2.05, 4.69) is 5.32 Å². The van der Waals surface area contributed by atoms with Crippen LogP contribution in [0.3, 0.4) is 0 Å². The molecule has 2 amide bonds. The van der Waals surface area contributed by atoms with Crippen molar-refractivity contribution in [2.24, 2.45) is 0 Å². The van der Waals surface area contributed by atoms with Gasteiger partial charge in [-0.15, -0.1) is 0 Å². The molecule has 0 spiro atoms. The predicted molar refractivity (Wildman–Crippen MR) is 76.3 cm³/mol. The first-order valence-corrected chi connectivity index (χ1v) is 6.69. The minimum Gasteiger partial charge on any atom is -0.466 e. The van der Waals surface area contributed by atoms with Crippen LogP contribution in [0.4, 0.5) is 13.6 Å². The van der Waals surface area contributed by atoms with Gasteiger partial charge >= 0.3 is 12.0 Å². The van der Waals surface area contributed by atoms with Crippen molar-refractivity contribution < 1.29 is 27.8 Å². The highest BCUT2D eigenvalue weighted by molar-refractivity contribution is 5.95. The van der Waals surface area contributed by atoms with Crippen LogP contribution in [-0.2, 0) is 14.3 Å². The van der Waals surface area contributed by atoms with Gasteiger partial charge in [-0.1, -0.05) is 6.07 Å². The van der Waals surface area contributed by atoms with Crippen molar-refractivity contribution in [1.82, 2.24) is 10.2 Å². The number of halogens is 2. The van der Waals surface area contributed by atoms with E-state index < -0.39 is 29.7 Å². The lowest BCUT2D eigenvalue weighted by atomic mass is 9.94. The summed E-state index contributed by atoms with van der Waals surface area (Å²) in [6.45, 7) is -0.0375. The molecule has 0 saturated carbocycles. The lowest BCUT2D eigenvalue weighted by molar-refractivity contribution is -0.137. The molecule has 0 aliphatic carbocycles. The lowest BCUT2D eigenvalue weighted by Crippen LogP contribution is -2.47. The molecule has 1 aromatic rings. The van der Waals surface area contributed by atoms with Crippen molar-refractivity contribution in [3.05, 3.63) is 46.7 Å². The van der Waals surface area contributed by atoms with Crippen LogP contribution in [0.15, 0.2) is 29.5 Å². The average Bonchev–Trinajstić information content (AvgIpc) is 2.52. The summed E-state index contributed by atoms with van der Waals surface area (Å²) in [7, 11) is 4.03. The SMILES string of the molecule is COCC1=C(C(=O)OC)C(c2ccc(F)c(F)c2)N(C)C(=O)N1. The van der Waals surface area contributed by atoms with Gasteiger partial charge in [0.2, 0.25) is 0 Å². The summed E-state index contributed by atoms with van der Waals surface area (Å²) in [6.07, 6.45) is 0. The van der Waals surface area contributed by atoms with Crippen LogP contribution in [0.25, 0.3) is 0 Å². The van der Waals surface area contributed by atoms with Crippen molar-refractivity contribution >= 4 is 12.0 Å². The van der Waals surface area contributed by atoms with Crippen LogP contribution in [0.2, 0.25) is 0 Å². The Balaban J connectivity index is 2.62. The standard InChI is InChI=1S/C15H16F2N2O4/c1-19-13(8-4-5-9(16)10(17)6-8)12(14(20)23-3)11(7-22-2)18-15(19)21/h4-6,13H,7H2,1-3H3,(H,18,21). The molecular formula is C15H16F2N2O4. The molecule has 1 aliphatic rings. The summed E-state index contributed by atoms with van der Waals surface area (Å²) in [5.74, 6) is -2.78. The molecule has 0 fully saturated rings. The number of methoxy groups -OCH3 is 2. The van der Waals surface area contributed by atoms with Gasteiger partial charge in [0, 0.05) is 14.2 Å². The molecule has 0 bridgehead atoms. The third kappa shape index (κ3) is 3.16. The summed E-state index contributed by atoms with van der Waals surface area (Å²) in [4.78, 5) is 25.4. The Bertz CT molecular complexity index is 675. The molecule has 1 aliphatic heterocycles. The highest BCUT2D eigenvalue weighted by Gasteiger charge is 2.37. The van der Waals surface area contributed by atoms with Gasteiger partial charge in [0.1, 0.15) is 0 Å². The zero-order valence-corrected chi connectivity index (χ0v) is 12.9. The second-order valence-corrected chi connectivity index (χ2v) is 4.93. The molecule has 1 atom stereocenters. The lowest BCUT2D eigenvalue weighted by Gasteiger charge is -2.35. The van der Waals surface area contributed by atoms with E-state index in [1.54, 1.807) is 0 Å². The second kappa shape index (κ2) is 6.74. The molecule has 1 heterocycles. The fourth-order valence-electron chi connectivity index (χ4n) is 2.44. The number of likely N-dealkylation sites (N-methyl/N-ethyl adjacent to an activating group) is 1. The van der Waals surface area contributed by atoms with E-state index in [9.17, 15) is 18.4 Å². The van der Waals surface area contributed by atoms with Gasteiger partial charge in [-0.05, 0) is 17.7 Å². The van der Waals surface area contributed by atoms with Crippen molar-refractivity contribution in [1.29, 1.82) is 0 Å². The molecule has 23 heavy (non-hydrogen) atoms. The highest BCUT2D eigenvalue weighted by atomic mass is 19.2. The van der Waals surface area contributed by atoms with Gasteiger partial charge in [-0.2, -0.15) is 0 Å². The highest BCUT2D eigenvalue weighted by Crippen LogP contribution is 2.33. The molecule has 0 radical (unpaired) electrons. The van der Waals surface area contributed by atoms with Crippen LogP contribution < -0.4 is 5.32 Å². The Hall–Kier alpha value is -2.48. The number of benzene rings is 1. The maximum atomic E-state index is 13.6. The van der Waals surface area contributed by atoms with Crippen LogP contribution in [0.5, 0.6) is 0 Å². The predicted octanol–water partition coefficient (Wildman–Crippen LogP) is 1.73. The molecule has 6 nitrogen and oxygen atoms in total. The number of esters is 1. The number of carbonyl (C=O) groups is 2. The van der Waals surface area contributed by atoms with Crippen LogP contribution in [0, 0.1) is 11.6 Å². The first-order valence-electron chi connectivity index (χ1n) is 6.69. The molecule has 2 rings (SSSR count). The molecule has 124 valence electrons. The number of hydrogen-bond donors (Lipinski definition) is 1. The first-order chi connectivity index (χ1) is 10.9. The Labute approximate surface area is 131 Å². The maximum Gasteiger partial charge on any atom is 0.338 e. The monoisotopic (exact) mass is 326 g/mol. The van der Waals surface area contributed by atoms with Crippen molar-refractivity contribution in [2.45, 2.75) is 6.04 Å². The number of amides is 2. The third-order valence-electron chi connectivity index (χ3n) is 3.52. The van der Waals surface area contributed by atoms with E-state index in [1.165, 1.54) is 32.2 Å². The summed E-state index contributed by atoms with van der Waals surface area (Å²) >= 11 is 0. The van der Waals surface area contributed by atoms with Gasteiger partial charge in [-0.3, -0.25) is 0 Å². The zero-order chi connectivity index (χ0) is 17.1. The molecule has 8 heteroatoms. The van der Waals surface area contributed by atoms with E-state index in [0.29, 0.717) is 0 Å². The quantitative estimate of drug-likeness (QED) is 0.856. The number of rotatable bonds is 4. The largest absolute Gasteiger partial charge is 0.466 e. The Morgan fingerprint density at radius 1 is 1.30 bits per heavy atom. The van der Waals surface area contributed by atoms with Crippen LogP contribution in [-0.4, -0.2) is 44.8 Å². The molecule has 1 N–H and O–H groups in total. The molecule has 0 aromatic heterocycles. The molecular weight excluding hydrogens is 310 g/mol. The van der Waals surface area contributed by atoms with E-state index in [4.69, 9.17) is 9.47 Å². The van der Waals surface area contributed by atoms with Crippen LogP contribution in [0.1, 0.15) is 11.6 Å². The normalized spacial score (nSPS) is 18.0. The molecule has 1 aromatic carbocycles. The van der Waals surface area contributed by atoms with Crippen molar-refractivity contribution in [3.63, 3.8) is 0 Å². The third-order valence-corrected chi connectivity index (χ3v) is 3.52. The zero-order valence-electron chi connectivity index (χ0n) is 12.9. The summed E-state index contributed by atoms with van der Waals surface area (Å²) in [5.41, 5.74) is 0.565. The second-order valence-electron chi connectivity index (χ2n) is 4.93. The van der Waals surface area contributed by atoms with Gasteiger partial charge in [0.15, 0.2) is 11.6 Å². The van der Waals surface area contributed by atoms with Gasteiger partial charge in [0.05, 0.1) is 31.0 Å².